The molecule has 0 saturated heterocycles. The molecule has 2 N–H and O–H groups in total. The van der Waals surface area contributed by atoms with Gasteiger partial charge in [-0.2, -0.15) is 0 Å². The van der Waals surface area contributed by atoms with Crippen LogP contribution in [0, 0.1) is 0 Å². The van der Waals surface area contributed by atoms with Crippen molar-refractivity contribution in [2.24, 2.45) is 0 Å². The monoisotopic (exact) mass is 343 g/mol. The highest BCUT2D eigenvalue weighted by Gasteiger charge is 2.16. The second-order valence-electron chi connectivity index (χ2n) is 5.79. The number of nitrogens with one attached hydrogen (secondary N) is 1. The fraction of sp³-hybridized carbons (Fsp3) is 0.350. The van der Waals surface area contributed by atoms with E-state index >= 15 is 0 Å². The molecule has 0 radical (unpaired) electrons. The summed E-state index contributed by atoms with van der Waals surface area (Å²) in [4.78, 5) is 12.7. The Labute approximate surface area is 148 Å². The van der Waals surface area contributed by atoms with Gasteiger partial charge in [0.1, 0.15) is 0 Å². The van der Waals surface area contributed by atoms with Crippen molar-refractivity contribution in [2.45, 2.75) is 25.8 Å². The van der Waals surface area contributed by atoms with Crippen LogP contribution in [0.5, 0.6) is 11.5 Å². The van der Waals surface area contributed by atoms with Gasteiger partial charge in [0.15, 0.2) is 11.5 Å². The first-order chi connectivity index (χ1) is 12.1. The van der Waals surface area contributed by atoms with Crippen molar-refractivity contribution in [3.63, 3.8) is 0 Å². The predicted octanol–water partition coefficient (Wildman–Crippen LogP) is 3.12. The molecule has 25 heavy (non-hydrogen) atoms. The van der Waals surface area contributed by atoms with Crippen LogP contribution in [0.15, 0.2) is 42.5 Å². The Hall–Kier alpha value is -2.53. The van der Waals surface area contributed by atoms with E-state index in [2.05, 4.69) is 5.32 Å². The van der Waals surface area contributed by atoms with Gasteiger partial charge in [0.05, 0.1) is 20.3 Å². The Kier molecular flexibility index (Phi) is 6.83. The molecule has 1 atom stereocenters. The van der Waals surface area contributed by atoms with E-state index in [0.717, 1.165) is 11.1 Å². The van der Waals surface area contributed by atoms with Crippen LogP contribution in [0.25, 0.3) is 0 Å². The SMILES string of the molecule is COc1ccc(C(C)NC(=O)c2ccccc2CCCO)cc1OC. The van der Waals surface area contributed by atoms with Crippen molar-refractivity contribution < 1.29 is 19.4 Å². The zero-order valence-electron chi connectivity index (χ0n) is 14.9. The Morgan fingerprint density at radius 1 is 1.12 bits per heavy atom. The quantitative estimate of drug-likeness (QED) is 0.773. The standard InChI is InChI=1S/C20H25NO4/c1-14(16-10-11-18(24-2)19(13-16)25-3)21-20(23)17-9-5-4-7-15(17)8-6-12-22/h4-5,7,9-11,13-14,22H,6,8,12H2,1-3H3,(H,21,23). The summed E-state index contributed by atoms with van der Waals surface area (Å²) in [5.41, 5.74) is 2.51. The summed E-state index contributed by atoms with van der Waals surface area (Å²) < 4.78 is 10.6. The van der Waals surface area contributed by atoms with E-state index in [-0.39, 0.29) is 18.6 Å². The maximum absolute atomic E-state index is 12.7. The molecule has 1 amide bonds. The molecule has 5 heteroatoms. The molecular weight excluding hydrogens is 318 g/mol. The van der Waals surface area contributed by atoms with Gasteiger partial charge in [0.2, 0.25) is 0 Å². The van der Waals surface area contributed by atoms with E-state index in [1.165, 1.54) is 0 Å². The molecule has 0 aliphatic heterocycles. The van der Waals surface area contributed by atoms with Gasteiger partial charge in [0, 0.05) is 12.2 Å². The molecule has 0 saturated carbocycles. The Morgan fingerprint density at radius 3 is 2.52 bits per heavy atom. The van der Waals surface area contributed by atoms with Gasteiger partial charge in [-0.15, -0.1) is 0 Å². The first-order valence-electron chi connectivity index (χ1n) is 8.32. The number of aliphatic hydroxyl groups excluding tert-OH is 1. The van der Waals surface area contributed by atoms with Crippen LogP contribution in [0.2, 0.25) is 0 Å². The molecule has 0 aliphatic carbocycles. The molecular formula is C20H25NO4. The zero-order chi connectivity index (χ0) is 18.2. The fourth-order valence-electron chi connectivity index (χ4n) is 2.71. The van der Waals surface area contributed by atoms with Crippen LogP contribution in [-0.2, 0) is 6.42 Å². The zero-order valence-corrected chi connectivity index (χ0v) is 14.9. The van der Waals surface area contributed by atoms with Crippen LogP contribution >= 0.6 is 0 Å². The minimum Gasteiger partial charge on any atom is -0.493 e. The number of aliphatic hydroxyl groups is 1. The maximum Gasteiger partial charge on any atom is 0.252 e. The van der Waals surface area contributed by atoms with Gasteiger partial charge in [-0.05, 0) is 49.1 Å². The number of rotatable bonds is 8. The van der Waals surface area contributed by atoms with Crippen molar-refractivity contribution >= 4 is 5.91 Å². The van der Waals surface area contributed by atoms with Crippen molar-refractivity contribution in [2.75, 3.05) is 20.8 Å². The molecule has 2 aromatic rings. The summed E-state index contributed by atoms with van der Waals surface area (Å²) in [5, 5.41) is 12.0. The summed E-state index contributed by atoms with van der Waals surface area (Å²) in [6, 6.07) is 12.9. The van der Waals surface area contributed by atoms with Gasteiger partial charge in [-0.3, -0.25) is 4.79 Å². The number of benzene rings is 2. The van der Waals surface area contributed by atoms with E-state index < -0.39 is 0 Å². The number of hydrogen-bond donors (Lipinski definition) is 2. The lowest BCUT2D eigenvalue weighted by Crippen LogP contribution is -2.27. The Morgan fingerprint density at radius 2 is 1.84 bits per heavy atom. The van der Waals surface area contributed by atoms with Gasteiger partial charge >= 0.3 is 0 Å². The predicted molar refractivity (Wildman–Crippen MR) is 97.3 cm³/mol. The number of aryl methyl sites for hydroxylation is 1. The molecule has 0 aromatic heterocycles. The third-order valence-electron chi connectivity index (χ3n) is 4.12. The fourth-order valence-corrected chi connectivity index (χ4v) is 2.71. The van der Waals surface area contributed by atoms with Crippen molar-refractivity contribution in [3.05, 3.63) is 59.2 Å². The molecule has 0 bridgehead atoms. The first-order valence-corrected chi connectivity index (χ1v) is 8.32. The minimum absolute atomic E-state index is 0.109. The summed E-state index contributed by atoms with van der Waals surface area (Å²) in [7, 11) is 3.17. The lowest BCUT2D eigenvalue weighted by atomic mass is 10.0. The number of ether oxygens (including phenoxy) is 2. The van der Waals surface area contributed by atoms with Gasteiger partial charge < -0.3 is 19.9 Å². The highest BCUT2D eigenvalue weighted by Crippen LogP contribution is 2.30. The normalized spacial score (nSPS) is 11.7. The second kappa shape index (κ2) is 9.08. The molecule has 0 aliphatic rings. The van der Waals surface area contributed by atoms with E-state index in [0.29, 0.717) is 29.9 Å². The van der Waals surface area contributed by atoms with Gasteiger partial charge in [0.25, 0.3) is 5.91 Å². The maximum atomic E-state index is 12.7. The summed E-state index contributed by atoms with van der Waals surface area (Å²) in [6.07, 6.45) is 1.31. The molecule has 1 unspecified atom stereocenters. The van der Waals surface area contributed by atoms with Gasteiger partial charge in [-0.25, -0.2) is 0 Å². The lowest BCUT2D eigenvalue weighted by Gasteiger charge is -2.17. The van der Waals surface area contributed by atoms with E-state index in [1.54, 1.807) is 14.2 Å². The number of carbonyl (C=O) groups is 1. The number of carbonyl (C=O) groups excluding carboxylic acids is 1. The molecule has 0 spiro atoms. The number of amides is 1. The highest BCUT2D eigenvalue weighted by atomic mass is 16.5. The number of methoxy groups -OCH3 is 2. The molecule has 5 nitrogen and oxygen atoms in total. The van der Waals surface area contributed by atoms with Crippen LogP contribution in [0.3, 0.4) is 0 Å². The third-order valence-corrected chi connectivity index (χ3v) is 4.12. The Balaban J connectivity index is 2.15. The van der Waals surface area contributed by atoms with Gasteiger partial charge in [-0.1, -0.05) is 24.3 Å². The molecule has 0 heterocycles. The smallest absolute Gasteiger partial charge is 0.252 e. The minimum atomic E-state index is -0.182. The summed E-state index contributed by atoms with van der Waals surface area (Å²) >= 11 is 0. The van der Waals surface area contributed by atoms with E-state index in [9.17, 15) is 4.79 Å². The van der Waals surface area contributed by atoms with Crippen LogP contribution < -0.4 is 14.8 Å². The topological polar surface area (TPSA) is 67.8 Å². The highest BCUT2D eigenvalue weighted by molar-refractivity contribution is 5.95. The van der Waals surface area contributed by atoms with E-state index in [1.807, 2.05) is 49.4 Å². The summed E-state index contributed by atoms with van der Waals surface area (Å²) in [6.45, 7) is 2.04. The Bertz CT molecular complexity index is 715. The molecule has 134 valence electrons. The first kappa shape index (κ1) is 18.8. The van der Waals surface area contributed by atoms with Crippen LogP contribution in [0.4, 0.5) is 0 Å². The average Bonchev–Trinajstić information content (AvgIpc) is 2.65. The number of hydrogen-bond acceptors (Lipinski definition) is 4. The largest absolute Gasteiger partial charge is 0.493 e. The lowest BCUT2D eigenvalue weighted by molar-refractivity contribution is 0.0938. The van der Waals surface area contributed by atoms with E-state index in [4.69, 9.17) is 14.6 Å². The van der Waals surface area contributed by atoms with Crippen molar-refractivity contribution in [1.82, 2.24) is 5.32 Å². The van der Waals surface area contributed by atoms with Crippen LogP contribution in [-0.4, -0.2) is 31.8 Å². The molecule has 0 fully saturated rings. The van der Waals surface area contributed by atoms with Crippen LogP contribution in [0.1, 0.15) is 40.9 Å². The van der Waals surface area contributed by atoms with Crippen molar-refractivity contribution in [3.8, 4) is 11.5 Å². The molecule has 2 rings (SSSR count). The third kappa shape index (κ3) is 4.73. The molecule has 2 aromatic carbocycles. The average molecular weight is 343 g/mol. The van der Waals surface area contributed by atoms with Crippen molar-refractivity contribution in [1.29, 1.82) is 0 Å². The summed E-state index contributed by atoms with van der Waals surface area (Å²) in [5.74, 6) is 1.15. The second-order valence-corrected chi connectivity index (χ2v) is 5.79.